The molecule has 0 saturated carbocycles. The Bertz CT molecular complexity index is 1450. The number of benzene rings is 4. The van der Waals surface area contributed by atoms with Gasteiger partial charge in [-0.1, -0.05) is 90.6 Å². The van der Waals surface area contributed by atoms with E-state index in [1.807, 2.05) is 77.7 Å². The zero-order chi connectivity index (χ0) is 25.6. The van der Waals surface area contributed by atoms with Crippen LogP contribution in [0.3, 0.4) is 0 Å². The first-order chi connectivity index (χ1) is 18.1. The molecule has 4 aromatic carbocycles. The van der Waals surface area contributed by atoms with Gasteiger partial charge >= 0.3 is 0 Å². The molecule has 0 bridgehead atoms. The van der Waals surface area contributed by atoms with Crippen LogP contribution in [-0.4, -0.2) is 18.4 Å². The van der Waals surface area contributed by atoms with Crippen molar-refractivity contribution in [2.75, 3.05) is 11.4 Å². The van der Waals surface area contributed by atoms with Gasteiger partial charge in [0, 0.05) is 17.0 Å². The Kier molecular flexibility index (Phi) is 7.52. The molecule has 4 aromatic rings. The van der Waals surface area contributed by atoms with Gasteiger partial charge in [0.1, 0.15) is 0 Å². The molecule has 0 unspecified atom stereocenters. The SMILES string of the molecule is Cc1ccccc1CN1C(=O)C(=Cc2ccc(C(=O)NCCc3ccccc3)cc2)Sc2ccccc21. The van der Waals surface area contributed by atoms with E-state index in [4.69, 9.17) is 0 Å². The van der Waals surface area contributed by atoms with E-state index in [0.29, 0.717) is 23.6 Å². The third kappa shape index (κ3) is 5.84. The molecular formula is C32H28N2O2S. The van der Waals surface area contributed by atoms with Crippen molar-refractivity contribution in [2.24, 2.45) is 0 Å². The molecule has 0 spiro atoms. The van der Waals surface area contributed by atoms with Crippen LogP contribution < -0.4 is 10.2 Å². The fourth-order valence-corrected chi connectivity index (χ4v) is 5.39. The van der Waals surface area contributed by atoms with Crippen LogP contribution in [0.25, 0.3) is 6.08 Å². The lowest BCUT2D eigenvalue weighted by Crippen LogP contribution is -2.33. The van der Waals surface area contributed by atoms with E-state index in [9.17, 15) is 9.59 Å². The summed E-state index contributed by atoms with van der Waals surface area (Å²) in [5.74, 6) is -0.119. The third-order valence-electron chi connectivity index (χ3n) is 6.43. The molecule has 0 atom stereocenters. The molecule has 0 radical (unpaired) electrons. The third-order valence-corrected chi connectivity index (χ3v) is 7.51. The molecule has 5 heteroatoms. The second kappa shape index (κ2) is 11.3. The van der Waals surface area contributed by atoms with Gasteiger partial charge in [-0.25, -0.2) is 0 Å². The number of nitrogens with one attached hydrogen (secondary N) is 1. The van der Waals surface area contributed by atoms with Gasteiger partial charge in [0.15, 0.2) is 0 Å². The van der Waals surface area contributed by atoms with Crippen molar-refractivity contribution in [3.05, 3.63) is 136 Å². The average Bonchev–Trinajstić information content (AvgIpc) is 2.93. The fourth-order valence-electron chi connectivity index (χ4n) is 4.33. The first-order valence-corrected chi connectivity index (χ1v) is 13.2. The van der Waals surface area contributed by atoms with Gasteiger partial charge in [0.25, 0.3) is 11.8 Å². The van der Waals surface area contributed by atoms with Gasteiger partial charge in [0.2, 0.25) is 0 Å². The van der Waals surface area contributed by atoms with Crippen LogP contribution in [0.2, 0.25) is 0 Å². The number of thioether (sulfide) groups is 1. The normalized spacial score (nSPS) is 13.9. The molecule has 1 aliphatic rings. The molecule has 0 aromatic heterocycles. The summed E-state index contributed by atoms with van der Waals surface area (Å²) < 4.78 is 0. The van der Waals surface area contributed by atoms with Gasteiger partial charge in [0.05, 0.1) is 17.1 Å². The molecule has 1 aliphatic heterocycles. The van der Waals surface area contributed by atoms with E-state index in [-0.39, 0.29) is 11.8 Å². The lowest BCUT2D eigenvalue weighted by molar-refractivity contribution is -0.114. The number of hydrogen-bond acceptors (Lipinski definition) is 3. The van der Waals surface area contributed by atoms with Crippen molar-refractivity contribution >= 4 is 35.3 Å². The molecule has 0 aliphatic carbocycles. The Hall–Kier alpha value is -4.09. The van der Waals surface area contributed by atoms with Crippen LogP contribution in [0.1, 0.15) is 32.6 Å². The van der Waals surface area contributed by atoms with Crippen molar-refractivity contribution < 1.29 is 9.59 Å². The first kappa shape index (κ1) is 24.6. The van der Waals surface area contributed by atoms with Crippen LogP contribution in [0, 0.1) is 6.92 Å². The summed E-state index contributed by atoms with van der Waals surface area (Å²) in [4.78, 5) is 29.7. The summed E-state index contributed by atoms with van der Waals surface area (Å²) in [6.07, 6.45) is 2.70. The number of nitrogens with zero attached hydrogens (tertiary/aromatic N) is 1. The Balaban J connectivity index is 1.31. The van der Waals surface area contributed by atoms with Gasteiger partial charge < -0.3 is 10.2 Å². The van der Waals surface area contributed by atoms with Crippen molar-refractivity contribution in [1.29, 1.82) is 0 Å². The van der Waals surface area contributed by atoms with E-state index in [0.717, 1.165) is 33.7 Å². The number of para-hydroxylation sites is 1. The van der Waals surface area contributed by atoms with E-state index in [1.54, 1.807) is 12.1 Å². The topological polar surface area (TPSA) is 49.4 Å². The second-order valence-corrected chi connectivity index (χ2v) is 10.1. The summed E-state index contributed by atoms with van der Waals surface area (Å²) in [5, 5.41) is 2.98. The predicted octanol–water partition coefficient (Wildman–Crippen LogP) is 6.65. The van der Waals surface area contributed by atoms with Gasteiger partial charge in [-0.15, -0.1) is 0 Å². The minimum absolute atomic E-state index is 0.0188. The number of amides is 2. The number of carbonyl (C=O) groups is 2. The van der Waals surface area contributed by atoms with Crippen LogP contribution in [-0.2, 0) is 17.8 Å². The Morgan fingerprint density at radius 3 is 2.35 bits per heavy atom. The maximum absolute atomic E-state index is 13.6. The van der Waals surface area contributed by atoms with Crippen molar-refractivity contribution in [3.8, 4) is 0 Å². The molecule has 1 heterocycles. The van der Waals surface area contributed by atoms with Gasteiger partial charge in [-0.2, -0.15) is 0 Å². The number of rotatable bonds is 7. The maximum atomic E-state index is 13.6. The lowest BCUT2D eigenvalue weighted by Gasteiger charge is -2.31. The van der Waals surface area contributed by atoms with Gasteiger partial charge in [-0.05, 0) is 65.9 Å². The molecule has 37 heavy (non-hydrogen) atoms. The first-order valence-electron chi connectivity index (χ1n) is 12.4. The molecule has 1 N–H and O–H groups in total. The van der Waals surface area contributed by atoms with Crippen molar-refractivity contribution in [3.63, 3.8) is 0 Å². The minimum atomic E-state index is -0.100. The van der Waals surface area contributed by atoms with Crippen molar-refractivity contribution in [2.45, 2.75) is 24.8 Å². The number of carbonyl (C=O) groups excluding carboxylic acids is 2. The van der Waals surface area contributed by atoms with Crippen LogP contribution >= 0.6 is 11.8 Å². The summed E-state index contributed by atoms with van der Waals surface area (Å²) in [7, 11) is 0. The van der Waals surface area contributed by atoms with E-state index in [2.05, 4.69) is 36.5 Å². The summed E-state index contributed by atoms with van der Waals surface area (Å²) in [6, 6.07) is 33.7. The van der Waals surface area contributed by atoms with E-state index in [1.165, 1.54) is 17.3 Å². The number of aryl methyl sites for hydroxylation is 1. The van der Waals surface area contributed by atoms with Crippen molar-refractivity contribution in [1.82, 2.24) is 5.32 Å². The Labute approximate surface area is 222 Å². The number of anilines is 1. The van der Waals surface area contributed by atoms with Crippen LogP contribution in [0.5, 0.6) is 0 Å². The van der Waals surface area contributed by atoms with E-state index < -0.39 is 0 Å². The summed E-state index contributed by atoms with van der Waals surface area (Å²) in [5.41, 5.74) is 5.89. The molecule has 5 rings (SSSR count). The van der Waals surface area contributed by atoms with Gasteiger partial charge in [-0.3, -0.25) is 9.59 Å². The van der Waals surface area contributed by atoms with Crippen LogP contribution in [0.4, 0.5) is 5.69 Å². The summed E-state index contributed by atoms with van der Waals surface area (Å²) >= 11 is 1.49. The highest BCUT2D eigenvalue weighted by atomic mass is 32.2. The fraction of sp³-hybridized carbons (Fsp3) is 0.125. The Morgan fingerprint density at radius 1 is 0.865 bits per heavy atom. The highest BCUT2D eigenvalue weighted by Crippen LogP contribution is 2.42. The second-order valence-electron chi connectivity index (χ2n) is 9.01. The number of fused-ring (bicyclic) bond motifs is 1. The molecule has 0 saturated heterocycles. The smallest absolute Gasteiger partial charge is 0.265 e. The number of hydrogen-bond donors (Lipinski definition) is 1. The maximum Gasteiger partial charge on any atom is 0.265 e. The minimum Gasteiger partial charge on any atom is -0.352 e. The van der Waals surface area contributed by atoms with Crippen LogP contribution in [0.15, 0.2) is 113 Å². The highest BCUT2D eigenvalue weighted by Gasteiger charge is 2.29. The molecule has 184 valence electrons. The van der Waals surface area contributed by atoms with E-state index >= 15 is 0 Å². The highest BCUT2D eigenvalue weighted by molar-refractivity contribution is 8.04. The molecule has 2 amide bonds. The summed E-state index contributed by atoms with van der Waals surface area (Å²) in [6.45, 7) is 3.17. The quantitative estimate of drug-likeness (QED) is 0.287. The molecule has 4 nitrogen and oxygen atoms in total. The average molecular weight is 505 g/mol. The lowest BCUT2D eigenvalue weighted by atomic mass is 10.1. The zero-order valence-electron chi connectivity index (χ0n) is 20.7. The zero-order valence-corrected chi connectivity index (χ0v) is 21.5. The monoisotopic (exact) mass is 504 g/mol. The molecular weight excluding hydrogens is 476 g/mol. The molecule has 0 fully saturated rings. The largest absolute Gasteiger partial charge is 0.352 e. The standard InChI is InChI=1S/C32H28N2O2S/c1-23-9-5-6-12-27(23)22-34-28-13-7-8-14-29(28)37-30(32(34)36)21-25-15-17-26(18-16-25)31(35)33-20-19-24-10-3-2-4-11-24/h2-18,21H,19-20,22H2,1H3,(H,33,35). The predicted molar refractivity (Wildman–Crippen MR) is 152 cm³/mol. The Morgan fingerprint density at radius 2 is 1.57 bits per heavy atom.